The Morgan fingerprint density at radius 3 is 2.72 bits per heavy atom. The molecule has 1 aliphatic rings. The lowest BCUT2D eigenvalue weighted by molar-refractivity contribution is -0.115. The van der Waals surface area contributed by atoms with E-state index in [1.165, 1.54) is 23.9 Å². The Hall–Kier alpha value is -3.55. The predicted molar refractivity (Wildman–Crippen MR) is 126 cm³/mol. The number of aliphatic imine (C=N–C) groups is 1. The van der Waals surface area contributed by atoms with Crippen molar-refractivity contribution in [1.29, 1.82) is 0 Å². The molecule has 0 spiro atoms. The monoisotopic (exact) mass is 464 g/mol. The van der Waals surface area contributed by atoms with Crippen LogP contribution in [0.5, 0.6) is 5.75 Å². The smallest absolute Gasteiger partial charge is 0.335 e. The molecule has 1 amide bonds. The molecule has 1 saturated heterocycles. The SMILES string of the molecule is O=C1NC(=Nc2cccc(C(=O)O)c2)S/C1=C\c1ccccc1OCc1cccc(Cl)c1. The number of aromatic carboxylic acids is 1. The van der Waals surface area contributed by atoms with Gasteiger partial charge in [0, 0.05) is 10.6 Å². The third-order valence-corrected chi connectivity index (χ3v) is 5.61. The first-order valence-electron chi connectivity index (χ1n) is 9.57. The maximum atomic E-state index is 12.5. The number of hydrogen-bond donors (Lipinski definition) is 2. The maximum Gasteiger partial charge on any atom is 0.335 e. The number of carboxylic acids is 1. The molecule has 1 heterocycles. The van der Waals surface area contributed by atoms with Crippen molar-refractivity contribution in [3.05, 3.63) is 99.4 Å². The number of amidine groups is 1. The van der Waals surface area contributed by atoms with Gasteiger partial charge >= 0.3 is 5.97 Å². The van der Waals surface area contributed by atoms with Crippen molar-refractivity contribution in [3.8, 4) is 5.75 Å². The van der Waals surface area contributed by atoms with Crippen molar-refractivity contribution >= 4 is 52.2 Å². The van der Waals surface area contributed by atoms with Crippen LogP contribution in [0.25, 0.3) is 6.08 Å². The van der Waals surface area contributed by atoms with E-state index < -0.39 is 5.97 Å². The number of thioether (sulfide) groups is 1. The van der Waals surface area contributed by atoms with Crippen LogP contribution in [0.15, 0.2) is 82.7 Å². The average Bonchev–Trinajstić information content (AvgIpc) is 3.12. The van der Waals surface area contributed by atoms with E-state index in [1.54, 1.807) is 24.3 Å². The number of rotatable bonds is 6. The highest BCUT2D eigenvalue weighted by atomic mass is 35.5. The highest BCUT2D eigenvalue weighted by Crippen LogP contribution is 2.31. The van der Waals surface area contributed by atoms with Gasteiger partial charge in [-0.25, -0.2) is 9.79 Å². The molecule has 0 aromatic heterocycles. The standard InChI is InChI=1S/C24H17ClN2O4S/c25-18-8-3-5-15(11-18)14-31-20-10-2-1-6-16(20)13-21-22(28)27-24(32-21)26-19-9-4-7-17(12-19)23(29)30/h1-13H,14H2,(H,29,30)(H,26,27,28)/b21-13-. The van der Waals surface area contributed by atoms with E-state index in [1.807, 2.05) is 42.5 Å². The Labute approximate surface area is 193 Å². The quantitative estimate of drug-likeness (QED) is 0.470. The third-order valence-electron chi connectivity index (χ3n) is 4.46. The number of hydrogen-bond acceptors (Lipinski definition) is 5. The highest BCUT2D eigenvalue weighted by Gasteiger charge is 2.24. The van der Waals surface area contributed by atoms with Gasteiger partial charge in [0.25, 0.3) is 5.91 Å². The lowest BCUT2D eigenvalue weighted by atomic mass is 10.2. The minimum absolute atomic E-state index is 0.128. The molecular weight excluding hydrogens is 448 g/mol. The van der Waals surface area contributed by atoms with Gasteiger partial charge in [0.05, 0.1) is 16.2 Å². The normalized spacial score (nSPS) is 15.7. The first-order valence-corrected chi connectivity index (χ1v) is 10.8. The number of benzene rings is 3. The number of amides is 1. The number of carbonyl (C=O) groups is 2. The van der Waals surface area contributed by atoms with Crippen LogP contribution in [-0.4, -0.2) is 22.2 Å². The Balaban J connectivity index is 1.52. The fraction of sp³-hybridized carbons (Fsp3) is 0.0417. The second-order valence-corrected chi connectivity index (χ2v) is 8.26. The molecule has 0 bridgehead atoms. The Morgan fingerprint density at radius 1 is 1.09 bits per heavy atom. The molecule has 3 aromatic rings. The number of nitrogens with zero attached hydrogens (tertiary/aromatic N) is 1. The van der Waals surface area contributed by atoms with Gasteiger partial charge in [-0.1, -0.05) is 48.0 Å². The van der Waals surface area contributed by atoms with E-state index in [0.29, 0.717) is 33.1 Å². The molecule has 32 heavy (non-hydrogen) atoms. The first kappa shape index (κ1) is 21.7. The first-order chi connectivity index (χ1) is 15.5. The van der Waals surface area contributed by atoms with Gasteiger partial charge in [-0.3, -0.25) is 4.79 Å². The van der Waals surface area contributed by atoms with E-state index in [4.69, 9.17) is 21.4 Å². The summed E-state index contributed by atoms with van der Waals surface area (Å²) in [4.78, 5) is 28.4. The van der Waals surface area contributed by atoms with Crippen LogP contribution in [-0.2, 0) is 11.4 Å². The van der Waals surface area contributed by atoms with Crippen molar-refractivity contribution < 1.29 is 19.4 Å². The van der Waals surface area contributed by atoms with Gasteiger partial charge < -0.3 is 15.2 Å². The molecule has 4 rings (SSSR count). The van der Waals surface area contributed by atoms with E-state index in [2.05, 4.69) is 10.3 Å². The molecule has 3 aromatic carbocycles. The lowest BCUT2D eigenvalue weighted by Crippen LogP contribution is -2.19. The zero-order chi connectivity index (χ0) is 22.5. The number of carbonyl (C=O) groups excluding carboxylic acids is 1. The second-order valence-electron chi connectivity index (χ2n) is 6.79. The van der Waals surface area contributed by atoms with Crippen LogP contribution in [0.4, 0.5) is 5.69 Å². The summed E-state index contributed by atoms with van der Waals surface area (Å²) >= 11 is 7.21. The maximum absolute atomic E-state index is 12.5. The lowest BCUT2D eigenvalue weighted by Gasteiger charge is -2.09. The largest absolute Gasteiger partial charge is 0.488 e. The molecule has 8 heteroatoms. The van der Waals surface area contributed by atoms with Crippen LogP contribution in [0.1, 0.15) is 21.5 Å². The molecule has 0 aliphatic carbocycles. The van der Waals surface area contributed by atoms with Crippen molar-refractivity contribution in [3.63, 3.8) is 0 Å². The summed E-state index contributed by atoms with van der Waals surface area (Å²) in [5.41, 5.74) is 2.26. The van der Waals surface area contributed by atoms with Crippen LogP contribution >= 0.6 is 23.4 Å². The molecule has 0 radical (unpaired) electrons. The number of halogens is 1. The number of nitrogens with one attached hydrogen (secondary N) is 1. The van der Waals surface area contributed by atoms with Gasteiger partial charge in [0.15, 0.2) is 5.17 Å². The molecular formula is C24H17ClN2O4S. The van der Waals surface area contributed by atoms with E-state index in [9.17, 15) is 9.59 Å². The highest BCUT2D eigenvalue weighted by molar-refractivity contribution is 8.18. The fourth-order valence-electron chi connectivity index (χ4n) is 2.97. The summed E-state index contributed by atoms with van der Waals surface area (Å²) in [6, 6.07) is 21.1. The fourth-order valence-corrected chi connectivity index (χ4v) is 4.01. The topological polar surface area (TPSA) is 88.0 Å². The molecule has 0 unspecified atom stereocenters. The molecule has 1 fully saturated rings. The molecule has 1 aliphatic heterocycles. The summed E-state index contributed by atoms with van der Waals surface area (Å²) in [5.74, 6) is -0.689. The summed E-state index contributed by atoms with van der Waals surface area (Å²) in [7, 11) is 0. The Bertz CT molecular complexity index is 1260. The van der Waals surface area contributed by atoms with Crippen LogP contribution in [0.3, 0.4) is 0 Å². The van der Waals surface area contributed by atoms with Crippen LogP contribution < -0.4 is 10.1 Å². The predicted octanol–water partition coefficient (Wildman–Crippen LogP) is 5.51. The number of carboxylic acid groups (broad SMARTS) is 1. The molecule has 0 atom stereocenters. The molecule has 0 saturated carbocycles. The third kappa shape index (κ3) is 5.38. The Morgan fingerprint density at radius 2 is 1.91 bits per heavy atom. The van der Waals surface area contributed by atoms with Gasteiger partial charge in [-0.05, 0) is 59.8 Å². The van der Waals surface area contributed by atoms with Crippen molar-refractivity contribution in [2.24, 2.45) is 4.99 Å². The van der Waals surface area contributed by atoms with Gasteiger partial charge in [0.2, 0.25) is 0 Å². The van der Waals surface area contributed by atoms with E-state index >= 15 is 0 Å². The number of para-hydroxylation sites is 1. The van der Waals surface area contributed by atoms with E-state index in [-0.39, 0.29) is 11.5 Å². The van der Waals surface area contributed by atoms with Crippen LogP contribution in [0, 0.1) is 0 Å². The zero-order valence-electron chi connectivity index (χ0n) is 16.6. The number of ether oxygens (including phenoxy) is 1. The molecule has 6 nitrogen and oxygen atoms in total. The molecule has 160 valence electrons. The van der Waals surface area contributed by atoms with Gasteiger partial charge in [-0.15, -0.1) is 0 Å². The van der Waals surface area contributed by atoms with Crippen molar-refractivity contribution in [2.45, 2.75) is 6.61 Å². The summed E-state index contributed by atoms with van der Waals surface area (Å²) in [5, 5.41) is 12.8. The molecule has 2 N–H and O–H groups in total. The summed E-state index contributed by atoms with van der Waals surface area (Å²) < 4.78 is 5.95. The Kier molecular flexibility index (Phi) is 6.58. The van der Waals surface area contributed by atoms with Crippen molar-refractivity contribution in [1.82, 2.24) is 5.32 Å². The minimum Gasteiger partial charge on any atom is -0.488 e. The van der Waals surface area contributed by atoms with Gasteiger partial charge in [-0.2, -0.15) is 0 Å². The zero-order valence-corrected chi connectivity index (χ0v) is 18.2. The average molecular weight is 465 g/mol. The van der Waals surface area contributed by atoms with Crippen molar-refractivity contribution in [2.75, 3.05) is 0 Å². The summed E-state index contributed by atoms with van der Waals surface area (Å²) in [6.45, 7) is 0.340. The second kappa shape index (κ2) is 9.72. The van der Waals surface area contributed by atoms with Crippen LogP contribution in [0.2, 0.25) is 5.02 Å². The minimum atomic E-state index is -1.04. The summed E-state index contributed by atoms with van der Waals surface area (Å²) in [6.07, 6.45) is 1.74. The van der Waals surface area contributed by atoms with E-state index in [0.717, 1.165) is 11.1 Å². The van der Waals surface area contributed by atoms with Gasteiger partial charge in [0.1, 0.15) is 12.4 Å².